The normalized spacial score (nSPS) is 23.8. The van der Waals surface area contributed by atoms with Crippen molar-refractivity contribution in [3.8, 4) is 23.0 Å². The van der Waals surface area contributed by atoms with Gasteiger partial charge in [0.2, 0.25) is 12.6 Å². The number of carbonyl (C=O) groups excluding carboxylic acids is 1. The first kappa shape index (κ1) is 43.8. The molecule has 0 saturated heterocycles. The van der Waals surface area contributed by atoms with Crippen molar-refractivity contribution < 1.29 is 43.5 Å². The highest BCUT2D eigenvalue weighted by Gasteiger charge is 2.65. The summed E-state index contributed by atoms with van der Waals surface area (Å²) < 4.78 is 31.7. The smallest absolute Gasteiger partial charge is 0.318 e. The second-order valence-electron chi connectivity index (χ2n) is 16.2. The number of nitrogens with one attached hydrogen (secondary N) is 1. The molecule has 0 unspecified atom stereocenters. The number of aliphatic hydroxyl groups is 2. The molecule has 2 heterocycles. The van der Waals surface area contributed by atoms with Crippen LogP contribution in [0.25, 0.3) is 0 Å². The van der Waals surface area contributed by atoms with Gasteiger partial charge in [0.25, 0.3) is 0 Å². The molecule has 4 aliphatic rings. The maximum absolute atomic E-state index is 14.8. The quantitative estimate of drug-likeness (QED) is 0.0517. The fourth-order valence-electron chi connectivity index (χ4n) is 9.62. The summed E-state index contributed by atoms with van der Waals surface area (Å²) in [6.45, 7) is 11.8. The average molecular weight is 836 g/mol. The van der Waals surface area contributed by atoms with Gasteiger partial charge in [0.15, 0.2) is 11.5 Å². The van der Waals surface area contributed by atoms with Crippen molar-refractivity contribution in [2.75, 3.05) is 39.8 Å². The molecule has 12 nitrogen and oxygen atoms in total. The zero-order valence-corrected chi connectivity index (χ0v) is 35.3. The summed E-state index contributed by atoms with van der Waals surface area (Å²) >= 11 is 0. The Kier molecular flexibility index (Phi) is 15.1. The van der Waals surface area contributed by atoms with E-state index in [2.05, 4.69) is 37.5 Å². The number of rotatable bonds is 22. The van der Waals surface area contributed by atoms with Crippen molar-refractivity contribution in [3.63, 3.8) is 0 Å². The third-order valence-corrected chi connectivity index (χ3v) is 12.2. The number of hydrogen-bond donors (Lipinski definition) is 3. The summed E-state index contributed by atoms with van der Waals surface area (Å²) in [5.74, 6) is 0.934. The van der Waals surface area contributed by atoms with Crippen LogP contribution in [0.4, 0.5) is 4.79 Å². The standard InChI is InChI=1S/C49H61N3O9/c1-4-22-52(48(55)50-31-35-18-20-43-44(27-35)58-33-57-43)45-30-41(51-60-32-34-14-8-7-9-15-34)39-28-36(16-10-12-23-53)38(17-11-13-24-54)46-40-29-37(56-25-5-2)19-21-42(40)61-49(45,47(39)46)59-26-6-3/h5-9,14-15,18-21,27-29,36,38,45-47,53-54H,2-4,10-13,16-17,22-26,30-33H2,1H3,(H,50,55)/t36-,38+,45-,46+,47+,49+/m0/s1. The van der Waals surface area contributed by atoms with E-state index in [9.17, 15) is 15.0 Å². The molecule has 3 aromatic carbocycles. The van der Waals surface area contributed by atoms with Gasteiger partial charge in [0, 0.05) is 44.2 Å². The fraction of sp³-hybridized carbons (Fsp3) is 0.469. The molecule has 12 heteroatoms. The maximum atomic E-state index is 14.8. The van der Waals surface area contributed by atoms with Gasteiger partial charge in [0.05, 0.1) is 18.2 Å². The van der Waals surface area contributed by atoms with Crippen LogP contribution < -0.4 is 24.3 Å². The molecular formula is C49H61N3O9. The Hall–Kier alpha value is -5.30. The van der Waals surface area contributed by atoms with Crippen molar-refractivity contribution >= 4 is 11.7 Å². The molecule has 61 heavy (non-hydrogen) atoms. The number of benzene rings is 3. The lowest BCUT2D eigenvalue weighted by molar-refractivity contribution is -0.254. The van der Waals surface area contributed by atoms with Crippen molar-refractivity contribution in [2.45, 2.75) is 89.2 Å². The summed E-state index contributed by atoms with van der Waals surface area (Å²) in [5, 5.41) is 28.0. The first-order valence-corrected chi connectivity index (χ1v) is 21.9. The summed E-state index contributed by atoms with van der Waals surface area (Å²) in [5.41, 5.74) is 4.58. The van der Waals surface area contributed by atoms with Crippen LogP contribution in [-0.2, 0) is 22.7 Å². The van der Waals surface area contributed by atoms with Gasteiger partial charge in [-0.1, -0.05) is 86.1 Å². The largest absolute Gasteiger partial charge is 0.490 e. The Bertz CT molecular complexity index is 2020. The van der Waals surface area contributed by atoms with Crippen LogP contribution in [0.1, 0.15) is 80.9 Å². The highest BCUT2D eigenvalue weighted by Crippen LogP contribution is 2.62. The Balaban J connectivity index is 1.38. The number of oxime groups is 1. The van der Waals surface area contributed by atoms with Crippen LogP contribution in [0.15, 0.2) is 109 Å². The zero-order valence-electron chi connectivity index (χ0n) is 35.3. The number of carbonyl (C=O) groups is 1. The van der Waals surface area contributed by atoms with Crippen LogP contribution in [0.2, 0.25) is 0 Å². The third-order valence-electron chi connectivity index (χ3n) is 12.2. The number of hydrogen-bond acceptors (Lipinski definition) is 10. The van der Waals surface area contributed by atoms with Gasteiger partial charge < -0.3 is 49.0 Å². The number of fused-ring (bicyclic) bond motifs is 3. The molecule has 2 aliphatic heterocycles. The van der Waals surface area contributed by atoms with E-state index in [1.54, 1.807) is 12.2 Å². The number of urea groups is 1. The van der Waals surface area contributed by atoms with Crippen LogP contribution >= 0.6 is 0 Å². The van der Waals surface area contributed by atoms with Gasteiger partial charge in [-0.15, -0.1) is 6.58 Å². The van der Waals surface area contributed by atoms with E-state index in [1.165, 1.54) is 0 Å². The molecule has 0 bridgehead atoms. The Morgan fingerprint density at radius 2 is 1.70 bits per heavy atom. The lowest BCUT2D eigenvalue weighted by Gasteiger charge is -2.60. The molecule has 7 rings (SSSR count). The predicted octanol–water partition coefficient (Wildman–Crippen LogP) is 8.44. The van der Waals surface area contributed by atoms with Gasteiger partial charge in [-0.25, -0.2) is 4.79 Å². The predicted molar refractivity (Wildman–Crippen MR) is 234 cm³/mol. The van der Waals surface area contributed by atoms with Crippen LogP contribution in [0.5, 0.6) is 23.0 Å². The zero-order chi connectivity index (χ0) is 42.6. The molecule has 3 N–H and O–H groups in total. The highest BCUT2D eigenvalue weighted by atomic mass is 16.7. The van der Waals surface area contributed by atoms with E-state index in [0.29, 0.717) is 61.8 Å². The molecule has 6 atom stereocenters. The van der Waals surface area contributed by atoms with Crippen molar-refractivity contribution in [1.82, 2.24) is 10.2 Å². The van der Waals surface area contributed by atoms with Crippen molar-refractivity contribution in [1.29, 1.82) is 0 Å². The van der Waals surface area contributed by atoms with Gasteiger partial charge in [-0.2, -0.15) is 0 Å². The van der Waals surface area contributed by atoms with E-state index in [1.807, 2.05) is 65.6 Å². The SMILES string of the molecule is C=CCOc1ccc2c(c1)[C@H]1[C@H](CCCCO)[C@@H](CCCCO)C=C3C(=NOCc4ccccc4)C[C@H](N(CCC)C(=O)NCc4ccc5c(c4)OCO5)[C@@](OCC=C)(O2)[C@H]31. The number of amides is 2. The Morgan fingerprint density at radius 3 is 2.48 bits per heavy atom. The molecule has 2 amide bonds. The number of ether oxygens (including phenoxy) is 5. The molecular weight excluding hydrogens is 775 g/mol. The van der Waals surface area contributed by atoms with E-state index < -0.39 is 17.7 Å². The minimum atomic E-state index is -1.36. The first-order chi connectivity index (χ1) is 29.9. The Labute approximate surface area is 359 Å². The summed E-state index contributed by atoms with van der Waals surface area (Å²) in [6, 6.07) is 20.7. The number of allylic oxidation sites excluding steroid dienone is 1. The topological polar surface area (TPSA) is 141 Å². The molecule has 2 aliphatic carbocycles. The molecule has 0 aromatic heterocycles. The minimum Gasteiger partial charge on any atom is -0.490 e. The van der Waals surface area contributed by atoms with Crippen LogP contribution in [0.3, 0.4) is 0 Å². The van der Waals surface area contributed by atoms with E-state index in [-0.39, 0.29) is 63.6 Å². The molecule has 1 fully saturated rings. The monoisotopic (exact) mass is 835 g/mol. The molecule has 1 saturated carbocycles. The fourth-order valence-corrected chi connectivity index (χ4v) is 9.62. The highest BCUT2D eigenvalue weighted by molar-refractivity contribution is 6.03. The molecule has 0 spiro atoms. The molecule has 3 aromatic rings. The van der Waals surface area contributed by atoms with Gasteiger partial charge in [0.1, 0.15) is 30.8 Å². The lowest BCUT2D eigenvalue weighted by atomic mass is 9.55. The van der Waals surface area contributed by atoms with Gasteiger partial charge >= 0.3 is 6.03 Å². The minimum absolute atomic E-state index is 0.0905. The second-order valence-corrected chi connectivity index (χ2v) is 16.2. The first-order valence-electron chi connectivity index (χ1n) is 21.9. The second kappa shape index (κ2) is 21.0. The molecule has 0 radical (unpaired) electrons. The van der Waals surface area contributed by atoms with E-state index in [0.717, 1.165) is 53.7 Å². The lowest BCUT2D eigenvalue weighted by Crippen LogP contribution is -2.70. The van der Waals surface area contributed by atoms with Gasteiger partial charge in [-0.05, 0) is 91.0 Å². The number of nitrogens with zero attached hydrogens (tertiary/aromatic N) is 2. The van der Waals surface area contributed by atoms with Crippen molar-refractivity contribution in [3.05, 3.63) is 120 Å². The van der Waals surface area contributed by atoms with Crippen LogP contribution in [-0.4, -0.2) is 78.4 Å². The van der Waals surface area contributed by atoms with E-state index >= 15 is 0 Å². The van der Waals surface area contributed by atoms with Crippen molar-refractivity contribution in [2.24, 2.45) is 22.9 Å². The maximum Gasteiger partial charge on any atom is 0.318 e. The van der Waals surface area contributed by atoms with Gasteiger partial charge in [-0.3, -0.25) is 0 Å². The summed E-state index contributed by atoms with van der Waals surface area (Å²) in [4.78, 5) is 22.9. The summed E-state index contributed by atoms with van der Waals surface area (Å²) in [6.07, 6.45) is 11.5. The number of unbranched alkanes of at least 4 members (excludes halogenated alkanes) is 2. The molecule has 326 valence electrons. The summed E-state index contributed by atoms with van der Waals surface area (Å²) in [7, 11) is 0. The number of aliphatic hydroxyl groups excluding tert-OH is 2. The Morgan fingerprint density at radius 1 is 0.934 bits per heavy atom. The third kappa shape index (κ3) is 9.77. The van der Waals surface area contributed by atoms with Crippen LogP contribution in [0, 0.1) is 17.8 Å². The average Bonchev–Trinajstić information content (AvgIpc) is 3.76. The van der Waals surface area contributed by atoms with E-state index in [4.69, 9.17) is 33.7 Å².